The zero-order valence-corrected chi connectivity index (χ0v) is 22.2. The molecule has 1 heterocycles. The summed E-state index contributed by atoms with van der Waals surface area (Å²) >= 11 is 0. The maximum Gasteiger partial charge on any atom is 0.336 e. The number of benzene rings is 2. The Morgan fingerprint density at radius 1 is 1.14 bits per heavy atom. The number of para-hydroxylation sites is 1. The van der Waals surface area contributed by atoms with Crippen LogP contribution in [0.1, 0.15) is 74.6 Å². The number of rotatable bonds is 7. The molecule has 0 amide bonds. The Labute approximate surface area is 214 Å². The van der Waals surface area contributed by atoms with E-state index in [1.807, 2.05) is 42.5 Å². The van der Waals surface area contributed by atoms with Crippen LogP contribution in [0.5, 0.6) is 11.5 Å². The molecule has 0 fully saturated rings. The van der Waals surface area contributed by atoms with E-state index in [9.17, 15) is 9.90 Å². The number of pyridine rings is 1. The van der Waals surface area contributed by atoms with Crippen molar-refractivity contribution in [1.82, 2.24) is 4.98 Å². The molecule has 1 aromatic heterocycles. The van der Waals surface area contributed by atoms with Crippen molar-refractivity contribution in [3.05, 3.63) is 64.8 Å². The Bertz CT molecular complexity index is 1300. The lowest BCUT2D eigenvalue weighted by molar-refractivity contribution is 0.0696. The van der Waals surface area contributed by atoms with Gasteiger partial charge in [-0.1, -0.05) is 58.9 Å². The molecular formula is C31H37NO4. The number of methoxy groups -OCH3 is 1. The average molecular weight is 488 g/mol. The van der Waals surface area contributed by atoms with Gasteiger partial charge in [0.05, 0.1) is 30.5 Å². The third kappa shape index (κ3) is 5.40. The maximum atomic E-state index is 12.5. The van der Waals surface area contributed by atoms with Gasteiger partial charge in [-0.3, -0.25) is 0 Å². The van der Waals surface area contributed by atoms with Gasteiger partial charge in [-0.15, -0.1) is 0 Å². The summed E-state index contributed by atoms with van der Waals surface area (Å²) in [4.78, 5) is 17.5. The lowest BCUT2D eigenvalue weighted by Gasteiger charge is -2.36. The van der Waals surface area contributed by atoms with Crippen molar-refractivity contribution in [3.8, 4) is 11.5 Å². The molecule has 1 aliphatic carbocycles. The van der Waals surface area contributed by atoms with Crippen molar-refractivity contribution >= 4 is 28.5 Å². The van der Waals surface area contributed by atoms with E-state index in [1.165, 1.54) is 0 Å². The topological polar surface area (TPSA) is 68.7 Å². The van der Waals surface area contributed by atoms with Crippen LogP contribution in [0.15, 0.2) is 42.5 Å². The van der Waals surface area contributed by atoms with Gasteiger partial charge in [-0.05, 0) is 77.5 Å². The van der Waals surface area contributed by atoms with Crippen LogP contribution in [-0.2, 0) is 6.42 Å². The first-order valence-electron chi connectivity index (χ1n) is 12.7. The fourth-order valence-corrected chi connectivity index (χ4v) is 4.88. The fourth-order valence-electron chi connectivity index (χ4n) is 4.88. The number of nitrogens with zero attached hydrogens (tertiary/aromatic N) is 1. The highest BCUT2D eigenvalue weighted by atomic mass is 16.5. The molecular weight excluding hydrogens is 450 g/mol. The van der Waals surface area contributed by atoms with E-state index >= 15 is 0 Å². The molecule has 1 unspecified atom stereocenters. The van der Waals surface area contributed by atoms with Crippen LogP contribution in [0.4, 0.5) is 0 Å². The minimum Gasteiger partial charge on any atom is -0.493 e. The molecule has 0 saturated carbocycles. The fraction of sp³-hybridized carbons (Fsp3) is 0.419. The van der Waals surface area contributed by atoms with Gasteiger partial charge >= 0.3 is 5.97 Å². The highest BCUT2D eigenvalue weighted by Gasteiger charge is 2.35. The lowest BCUT2D eigenvalue weighted by Crippen LogP contribution is -2.28. The molecule has 1 N–H and O–H groups in total. The molecule has 1 atom stereocenters. The highest BCUT2D eigenvalue weighted by Crippen LogP contribution is 2.45. The van der Waals surface area contributed by atoms with Crippen LogP contribution in [0.25, 0.3) is 22.6 Å². The highest BCUT2D eigenvalue weighted by molar-refractivity contribution is 6.06. The summed E-state index contributed by atoms with van der Waals surface area (Å²) < 4.78 is 11.6. The maximum absolute atomic E-state index is 12.5. The van der Waals surface area contributed by atoms with Gasteiger partial charge in [-0.2, -0.15) is 0 Å². The van der Waals surface area contributed by atoms with Gasteiger partial charge in [0.15, 0.2) is 11.5 Å². The molecule has 0 saturated heterocycles. The summed E-state index contributed by atoms with van der Waals surface area (Å²) in [5.41, 5.74) is 4.76. The van der Waals surface area contributed by atoms with Crippen molar-refractivity contribution in [2.45, 2.75) is 53.9 Å². The minimum absolute atomic E-state index is 0.0179. The minimum atomic E-state index is -0.900. The third-order valence-electron chi connectivity index (χ3n) is 7.13. The molecule has 0 aliphatic heterocycles. The predicted octanol–water partition coefficient (Wildman–Crippen LogP) is 7.52. The lowest BCUT2D eigenvalue weighted by atomic mass is 9.69. The number of aromatic nitrogens is 1. The molecule has 4 rings (SSSR count). The van der Waals surface area contributed by atoms with E-state index in [4.69, 9.17) is 14.5 Å². The monoisotopic (exact) mass is 487 g/mol. The zero-order valence-electron chi connectivity index (χ0n) is 22.2. The Morgan fingerprint density at radius 3 is 2.56 bits per heavy atom. The molecule has 0 radical (unpaired) electrons. The van der Waals surface area contributed by atoms with Gasteiger partial charge in [0, 0.05) is 5.39 Å². The Hall–Kier alpha value is -3.34. The first-order chi connectivity index (χ1) is 17.1. The molecule has 3 aromatic rings. The number of hydrogen-bond donors (Lipinski definition) is 1. The second-order valence-corrected chi connectivity index (χ2v) is 11.2. The predicted molar refractivity (Wildman–Crippen MR) is 146 cm³/mol. The van der Waals surface area contributed by atoms with E-state index in [-0.39, 0.29) is 11.3 Å². The Kier molecular flexibility index (Phi) is 7.39. The summed E-state index contributed by atoms with van der Waals surface area (Å²) in [7, 11) is 1.65. The molecule has 2 aromatic carbocycles. The van der Waals surface area contributed by atoms with Gasteiger partial charge in [-0.25, -0.2) is 9.78 Å². The Morgan fingerprint density at radius 2 is 1.89 bits per heavy atom. The smallest absolute Gasteiger partial charge is 0.336 e. The number of hydrogen-bond acceptors (Lipinski definition) is 4. The van der Waals surface area contributed by atoms with E-state index in [2.05, 4.69) is 40.7 Å². The SMILES string of the molecule is COc1cc(C=C2CC(C(C)(C)C)Cc3c2nc2ccccc2c3C(=O)O)ccc1OCCC(C)C. The summed E-state index contributed by atoms with van der Waals surface area (Å²) in [5.74, 6) is 1.38. The molecule has 5 nitrogen and oxygen atoms in total. The average Bonchev–Trinajstić information content (AvgIpc) is 2.82. The van der Waals surface area contributed by atoms with Gasteiger partial charge in [0.1, 0.15) is 0 Å². The summed E-state index contributed by atoms with van der Waals surface area (Å²) in [5, 5.41) is 10.9. The van der Waals surface area contributed by atoms with Crippen molar-refractivity contribution < 1.29 is 19.4 Å². The molecule has 1 aliphatic rings. The molecule has 0 bridgehead atoms. The van der Waals surface area contributed by atoms with Crippen LogP contribution >= 0.6 is 0 Å². The summed E-state index contributed by atoms with van der Waals surface area (Å²) in [6.07, 6.45) is 4.63. The van der Waals surface area contributed by atoms with Crippen molar-refractivity contribution in [2.24, 2.45) is 17.3 Å². The van der Waals surface area contributed by atoms with Gasteiger partial charge in [0.25, 0.3) is 0 Å². The number of carboxylic acid groups (broad SMARTS) is 1. The number of ether oxygens (including phenoxy) is 2. The van der Waals surface area contributed by atoms with Crippen LogP contribution < -0.4 is 9.47 Å². The molecule has 0 spiro atoms. The van der Waals surface area contributed by atoms with E-state index in [0.29, 0.717) is 41.2 Å². The van der Waals surface area contributed by atoms with Crippen LogP contribution in [0.2, 0.25) is 0 Å². The normalized spacial score (nSPS) is 16.9. The van der Waals surface area contributed by atoms with Crippen LogP contribution in [0.3, 0.4) is 0 Å². The molecule has 5 heteroatoms. The van der Waals surface area contributed by atoms with E-state index < -0.39 is 5.97 Å². The number of carbonyl (C=O) groups is 1. The number of aromatic carboxylic acids is 1. The first-order valence-corrected chi connectivity index (χ1v) is 12.7. The standard InChI is InChI=1S/C31H37NO4/c1-19(2)13-14-36-26-12-11-20(16-27(26)35-6)15-21-17-22(31(3,4)5)18-24-28(30(33)34)23-9-7-8-10-25(23)32-29(21)24/h7-12,15-16,19,22H,13-14,17-18H2,1-6H3,(H,33,34). The second-order valence-electron chi connectivity index (χ2n) is 11.2. The van der Waals surface area contributed by atoms with Gasteiger partial charge in [0.2, 0.25) is 0 Å². The Balaban J connectivity index is 1.83. The van der Waals surface area contributed by atoms with Crippen LogP contribution in [0, 0.1) is 17.3 Å². The number of carboxylic acids is 1. The van der Waals surface area contributed by atoms with Crippen molar-refractivity contribution in [3.63, 3.8) is 0 Å². The third-order valence-corrected chi connectivity index (χ3v) is 7.13. The van der Waals surface area contributed by atoms with Crippen molar-refractivity contribution in [2.75, 3.05) is 13.7 Å². The van der Waals surface area contributed by atoms with E-state index in [0.717, 1.165) is 41.0 Å². The first kappa shape index (κ1) is 25.7. The van der Waals surface area contributed by atoms with Crippen molar-refractivity contribution in [1.29, 1.82) is 0 Å². The zero-order chi connectivity index (χ0) is 26.0. The van der Waals surface area contributed by atoms with Crippen LogP contribution in [-0.4, -0.2) is 29.8 Å². The molecule has 36 heavy (non-hydrogen) atoms. The molecule has 190 valence electrons. The quantitative estimate of drug-likeness (QED) is 0.373. The second kappa shape index (κ2) is 10.3. The summed E-state index contributed by atoms with van der Waals surface area (Å²) in [6.45, 7) is 11.7. The summed E-state index contributed by atoms with van der Waals surface area (Å²) in [6, 6.07) is 13.5. The largest absolute Gasteiger partial charge is 0.493 e. The number of fused-ring (bicyclic) bond motifs is 2. The number of allylic oxidation sites excluding steroid dienone is 1. The van der Waals surface area contributed by atoms with Gasteiger partial charge < -0.3 is 14.6 Å². The van der Waals surface area contributed by atoms with E-state index in [1.54, 1.807) is 7.11 Å².